The molecule has 1 aliphatic rings. The molecular weight excluding hydrogens is 266 g/mol. The molecule has 2 N–H and O–H groups in total. The number of β-amino-alcohol motifs (C(OH)–C–C–N with tert-alkyl or cyclic N) is 1. The van der Waals surface area contributed by atoms with Gasteiger partial charge in [0.05, 0.1) is 12.1 Å². The van der Waals surface area contributed by atoms with Crippen molar-refractivity contribution in [3.8, 4) is 0 Å². The molecule has 1 aliphatic heterocycles. The highest BCUT2D eigenvalue weighted by Crippen LogP contribution is 2.20. The van der Waals surface area contributed by atoms with Crippen LogP contribution in [0.2, 0.25) is 0 Å². The Morgan fingerprint density at radius 3 is 2.38 bits per heavy atom. The van der Waals surface area contributed by atoms with Gasteiger partial charge in [-0.05, 0) is 12.3 Å². The maximum Gasteiger partial charge on any atom is 0.237 e. The van der Waals surface area contributed by atoms with E-state index in [1.807, 2.05) is 6.92 Å². The molecule has 1 heterocycles. The van der Waals surface area contributed by atoms with E-state index >= 15 is 0 Å². The molecule has 0 aromatic rings. The van der Waals surface area contributed by atoms with Gasteiger partial charge in [-0.3, -0.25) is 14.6 Å². The first-order valence-electron chi connectivity index (χ1n) is 7.78. The van der Waals surface area contributed by atoms with E-state index in [2.05, 4.69) is 42.5 Å². The first-order chi connectivity index (χ1) is 9.75. The van der Waals surface area contributed by atoms with Crippen LogP contribution in [0.4, 0.5) is 0 Å². The van der Waals surface area contributed by atoms with E-state index in [1.165, 1.54) is 0 Å². The SMILES string of the molecule is C=CCNC(=O)[C@@H](C)N1CCN(C[C@H](O)C(C)(C)C)CC1. The molecule has 0 radical (unpaired) electrons. The van der Waals surface area contributed by atoms with Crippen molar-refractivity contribution in [2.45, 2.75) is 39.8 Å². The fraction of sp³-hybridized carbons (Fsp3) is 0.812. The van der Waals surface area contributed by atoms with Crippen LogP contribution in [0.1, 0.15) is 27.7 Å². The summed E-state index contributed by atoms with van der Waals surface area (Å²) in [6.07, 6.45) is 1.37. The fourth-order valence-corrected chi connectivity index (χ4v) is 2.34. The second-order valence-corrected chi connectivity index (χ2v) is 6.93. The van der Waals surface area contributed by atoms with E-state index in [4.69, 9.17) is 0 Å². The number of hydrogen-bond donors (Lipinski definition) is 2. The summed E-state index contributed by atoms with van der Waals surface area (Å²) in [5, 5.41) is 13.0. The predicted octanol–water partition coefficient (Wildman–Crippen LogP) is 0.702. The van der Waals surface area contributed by atoms with E-state index in [9.17, 15) is 9.90 Å². The molecule has 1 saturated heterocycles. The van der Waals surface area contributed by atoms with Crippen molar-refractivity contribution in [2.75, 3.05) is 39.3 Å². The number of piperazine rings is 1. The minimum atomic E-state index is -0.322. The summed E-state index contributed by atoms with van der Waals surface area (Å²) in [4.78, 5) is 16.4. The number of carbonyl (C=O) groups is 1. The number of aliphatic hydroxyl groups is 1. The third-order valence-electron chi connectivity index (χ3n) is 4.19. The van der Waals surface area contributed by atoms with Crippen molar-refractivity contribution in [1.29, 1.82) is 0 Å². The largest absolute Gasteiger partial charge is 0.391 e. The number of carbonyl (C=O) groups excluding carboxylic acids is 1. The summed E-state index contributed by atoms with van der Waals surface area (Å²) in [5.74, 6) is 0.0538. The predicted molar refractivity (Wildman–Crippen MR) is 86.1 cm³/mol. The van der Waals surface area contributed by atoms with Crippen LogP contribution in [0.15, 0.2) is 12.7 Å². The number of hydrogen-bond acceptors (Lipinski definition) is 4. The Morgan fingerprint density at radius 1 is 1.33 bits per heavy atom. The van der Waals surface area contributed by atoms with Gasteiger partial charge >= 0.3 is 0 Å². The number of aliphatic hydroxyl groups excluding tert-OH is 1. The molecule has 0 saturated carbocycles. The third kappa shape index (κ3) is 5.77. The Bertz CT molecular complexity index is 344. The summed E-state index contributed by atoms with van der Waals surface area (Å²) in [6.45, 7) is 16.4. The van der Waals surface area contributed by atoms with E-state index in [0.29, 0.717) is 13.1 Å². The lowest BCUT2D eigenvalue weighted by molar-refractivity contribution is -0.126. The van der Waals surface area contributed by atoms with Crippen molar-refractivity contribution < 1.29 is 9.90 Å². The number of nitrogens with one attached hydrogen (secondary N) is 1. The lowest BCUT2D eigenvalue weighted by Crippen LogP contribution is -2.55. The molecule has 0 spiro atoms. The molecule has 0 unspecified atom stereocenters. The first kappa shape index (κ1) is 18.1. The summed E-state index contributed by atoms with van der Waals surface area (Å²) < 4.78 is 0. The van der Waals surface area contributed by atoms with Gasteiger partial charge in [-0.15, -0.1) is 6.58 Å². The normalized spacial score (nSPS) is 20.8. The fourth-order valence-electron chi connectivity index (χ4n) is 2.34. The number of rotatable bonds is 6. The second-order valence-electron chi connectivity index (χ2n) is 6.93. The lowest BCUT2D eigenvalue weighted by atomic mass is 9.89. The van der Waals surface area contributed by atoms with E-state index in [0.717, 1.165) is 26.2 Å². The molecule has 1 rings (SSSR count). The minimum Gasteiger partial charge on any atom is -0.391 e. The smallest absolute Gasteiger partial charge is 0.237 e. The molecule has 2 atom stereocenters. The van der Waals surface area contributed by atoms with Crippen LogP contribution < -0.4 is 5.32 Å². The quantitative estimate of drug-likeness (QED) is 0.709. The van der Waals surface area contributed by atoms with Crippen LogP contribution in [0.5, 0.6) is 0 Å². The zero-order chi connectivity index (χ0) is 16.0. The van der Waals surface area contributed by atoms with E-state index in [1.54, 1.807) is 6.08 Å². The van der Waals surface area contributed by atoms with Gasteiger partial charge in [0.15, 0.2) is 0 Å². The monoisotopic (exact) mass is 297 g/mol. The highest BCUT2D eigenvalue weighted by Gasteiger charge is 2.29. The van der Waals surface area contributed by atoms with Gasteiger partial charge in [0, 0.05) is 39.3 Å². The molecule has 0 aromatic heterocycles. The van der Waals surface area contributed by atoms with Crippen molar-refractivity contribution in [1.82, 2.24) is 15.1 Å². The van der Waals surface area contributed by atoms with Crippen LogP contribution in [0.25, 0.3) is 0 Å². The molecule has 1 fully saturated rings. The number of nitrogens with zero attached hydrogens (tertiary/aromatic N) is 2. The zero-order valence-electron chi connectivity index (χ0n) is 13.9. The Hall–Kier alpha value is -0.910. The molecule has 5 nitrogen and oxygen atoms in total. The second kappa shape index (κ2) is 7.92. The third-order valence-corrected chi connectivity index (χ3v) is 4.19. The molecule has 1 amide bonds. The Kier molecular flexibility index (Phi) is 6.84. The zero-order valence-corrected chi connectivity index (χ0v) is 13.9. The van der Waals surface area contributed by atoms with Crippen molar-refractivity contribution >= 4 is 5.91 Å². The highest BCUT2D eigenvalue weighted by atomic mass is 16.3. The van der Waals surface area contributed by atoms with Crippen LogP contribution >= 0.6 is 0 Å². The van der Waals surface area contributed by atoms with Gasteiger partial charge in [0.2, 0.25) is 5.91 Å². The maximum absolute atomic E-state index is 11.9. The van der Waals surface area contributed by atoms with E-state index < -0.39 is 0 Å². The molecule has 0 aliphatic carbocycles. The van der Waals surface area contributed by atoms with Crippen molar-refractivity contribution in [3.63, 3.8) is 0 Å². The Labute approximate surface area is 129 Å². The average molecular weight is 297 g/mol. The molecular formula is C16H31N3O2. The van der Waals surface area contributed by atoms with Gasteiger partial charge in [0.1, 0.15) is 0 Å². The topological polar surface area (TPSA) is 55.8 Å². The van der Waals surface area contributed by atoms with Gasteiger partial charge in [-0.2, -0.15) is 0 Å². The molecule has 21 heavy (non-hydrogen) atoms. The summed E-state index contributed by atoms with van der Waals surface area (Å²) >= 11 is 0. The van der Waals surface area contributed by atoms with Crippen LogP contribution in [0, 0.1) is 5.41 Å². The molecule has 122 valence electrons. The van der Waals surface area contributed by atoms with Gasteiger partial charge in [0.25, 0.3) is 0 Å². The maximum atomic E-state index is 11.9. The van der Waals surface area contributed by atoms with Crippen molar-refractivity contribution in [2.24, 2.45) is 5.41 Å². The standard InChI is InChI=1S/C16H31N3O2/c1-6-7-17-15(21)13(2)19-10-8-18(9-11-19)12-14(20)16(3,4)5/h6,13-14,20H,1,7-12H2,2-5H3,(H,17,21)/t13-,14+/m1/s1. The van der Waals surface area contributed by atoms with Crippen LogP contribution in [-0.2, 0) is 4.79 Å². The molecule has 0 aromatic carbocycles. The summed E-state index contributed by atoms with van der Waals surface area (Å²) in [7, 11) is 0. The van der Waals surface area contributed by atoms with Crippen LogP contribution in [0.3, 0.4) is 0 Å². The Balaban J connectivity index is 2.38. The van der Waals surface area contributed by atoms with Gasteiger partial charge < -0.3 is 10.4 Å². The van der Waals surface area contributed by atoms with Gasteiger partial charge in [-0.25, -0.2) is 0 Å². The molecule has 5 heteroatoms. The lowest BCUT2D eigenvalue weighted by Gasteiger charge is -2.39. The molecule has 0 bridgehead atoms. The van der Waals surface area contributed by atoms with E-state index in [-0.39, 0.29) is 23.5 Å². The van der Waals surface area contributed by atoms with Gasteiger partial charge in [-0.1, -0.05) is 26.8 Å². The summed E-state index contributed by atoms with van der Waals surface area (Å²) in [5.41, 5.74) is -0.0883. The number of amides is 1. The minimum absolute atomic E-state index is 0.0538. The summed E-state index contributed by atoms with van der Waals surface area (Å²) in [6, 6.07) is -0.111. The first-order valence-corrected chi connectivity index (χ1v) is 7.78. The average Bonchev–Trinajstić information content (AvgIpc) is 2.43. The Morgan fingerprint density at radius 2 is 1.90 bits per heavy atom. The van der Waals surface area contributed by atoms with Crippen LogP contribution in [-0.4, -0.2) is 72.2 Å². The highest BCUT2D eigenvalue weighted by molar-refractivity contribution is 5.81. The van der Waals surface area contributed by atoms with Crippen molar-refractivity contribution in [3.05, 3.63) is 12.7 Å².